The Kier molecular flexibility index (Phi) is 7.11. The highest BCUT2D eigenvalue weighted by atomic mass is 16.6. The molecule has 0 radical (unpaired) electrons. The molecule has 2 amide bonds. The fourth-order valence-electron chi connectivity index (χ4n) is 2.93. The molecule has 11 nitrogen and oxygen atoms in total. The molecule has 2 aromatic rings. The van der Waals surface area contributed by atoms with Crippen LogP contribution in [-0.4, -0.2) is 63.1 Å². The van der Waals surface area contributed by atoms with Crippen LogP contribution in [0.4, 0.5) is 0 Å². The van der Waals surface area contributed by atoms with E-state index in [0.29, 0.717) is 30.3 Å². The summed E-state index contributed by atoms with van der Waals surface area (Å²) in [6, 6.07) is 7.69. The fraction of sp³-hybridized carbons (Fsp3) is 0.238. The lowest BCUT2D eigenvalue weighted by Crippen LogP contribution is -2.35. The summed E-state index contributed by atoms with van der Waals surface area (Å²) >= 11 is 0. The first-order chi connectivity index (χ1) is 15.4. The Morgan fingerprint density at radius 1 is 1.09 bits per heavy atom. The normalized spacial score (nSPS) is 12.2. The second-order valence-electron chi connectivity index (χ2n) is 6.40. The Bertz CT molecular complexity index is 1070. The van der Waals surface area contributed by atoms with Crippen molar-refractivity contribution >= 4 is 24.0 Å². The zero-order valence-corrected chi connectivity index (χ0v) is 17.3. The predicted octanol–water partition coefficient (Wildman–Crippen LogP) is 1.05. The number of hydrogen-bond acceptors (Lipinski definition) is 8. The second kappa shape index (κ2) is 10.2. The number of rotatable bonds is 8. The van der Waals surface area contributed by atoms with Crippen LogP contribution in [-0.2, 0) is 4.79 Å². The average Bonchev–Trinajstić information content (AvgIpc) is 2.81. The van der Waals surface area contributed by atoms with E-state index >= 15 is 0 Å². The summed E-state index contributed by atoms with van der Waals surface area (Å²) in [5, 5.41) is 15.7. The van der Waals surface area contributed by atoms with E-state index in [1.807, 2.05) is 0 Å². The highest BCUT2D eigenvalue weighted by Crippen LogP contribution is 2.33. The Morgan fingerprint density at radius 2 is 1.84 bits per heavy atom. The number of hydrazone groups is 1. The third kappa shape index (κ3) is 5.06. The molecule has 1 aliphatic heterocycles. The monoisotopic (exact) mass is 443 g/mol. The van der Waals surface area contributed by atoms with Crippen molar-refractivity contribution < 1.29 is 38.4 Å². The number of carboxylic acid groups (broad SMARTS) is 1. The van der Waals surface area contributed by atoms with Gasteiger partial charge in [0, 0.05) is 11.1 Å². The maximum absolute atomic E-state index is 12.3. The van der Waals surface area contributed by atoms with Gasteiger partial charge in [0.1, 0.15) is 18.8 Å². The van der Waals surface area contributed by atoms with Gasteiger partial charge in [-0.2, -0.15) is 5.10 Å². The maximum atomic E-state index is 12.3. The molecule has 0 fully saturated rings. The molecular formula is C21H21N3O8. The Morgan fingerprint density at radius 3 is 2.53 bits per heavy atom. The molecule has 11 heteroatoms. The van der Waals surface area contributed by atoms with Crippen molar-refractivity contribution in [3.8, 4) is 23.0 Å². The third-order valence-electron chi connectivity index (χ3n) is 4.40. The molecule has 1 aliphatic rings. The second-order valence-corrected chi connectivity index (χ2v) is 6.40. The molecule has 0 bridgehead atoms. The first-order valence-electron chi connectivity index (χ1n) is 9.42. The zero-order valence-electron chi connectivity index (χ0n) is 17.3. The smallest absolute Gasteiger partial charge is 0.340 e. The van der Waals surface area contributed by atoms with Crippen LogP contribution in [0.2, 0.25) is 0 Å². The molecule has 1 heterocycles. The summed E-state index contributed by atoms with van der Waals surface area (Å²) in [6.07, 6.45) is 1.16. The van der Waals surface area contributed by atoms with Crippen LogP contribution >= 0.6 is 0 Å². The minimum atomic E-state index is -1.25. The lowest BCUT2D eigenvalue weighted by Gasteiger charge is -2.18. The van der Waals surface area contributed by atoms with Crippen molar-refractivity contribution in [2.45, 2.75) is 0 Å². The molecule has 0 unspecified atom stereocenters. The number of ether oxygens (including phenoxy) is 4. The summed E-state index contributed by atoms with van der Waals surface area (Å²) in [5.74, 6) is -1.05. The topological polar surface area (TPSA) is 145 Å². The van der Waals surface area contributed by atoms with E-state index in [9.17, 15) is 19.5 Å². The standard InChI is InChI=1S/C21H21N3O8/c1-29-15-6-4-13(18(21(27)28)19(15)30-2)10-23-24-17(25)11-22-20(26)12-3-5-14-16(9-12)32-8-7-31-14/h3-6,9-10H,7-8,11H2,1-2H3,(H,22,26)(H,24,25)(H,27,28). The van der Waals surface area contributed by atoms with Gasteiger partial charge in [-0.3, -0.25) is 9.59 Å². The molecule has 3 N–H and O–H groups in total. The van der Waals surface area contributed by atoms with Crippen LogP contribution in [0, 0.1) is 0 Å². The molecule has 0 aliphatic carbocycles. The third-order valence-corrected chi connectivity index (χ3v) is 4.40. The number of fused-ring (bicyclic) bond motifs is 1. The summed E-state index contributed by atoms with van der Waals surface area (Å²) in [5.41, 5.74) is 2.55. The van der Waals surface area contributed by atoms with Crippen molar-refractivity contribution in [2.75, 3.05) is 34.0 Å². The van der Waals surface area contributed by atoms with Gasteiger partial charge in [-0.1, -0.05) is 0 Å². The summed E-state index contributed by atoms with van der Waals surface area (Å²) in [6.45, 7) is 0.487. The van der Waals surface area contributed by atoms with Gasteiger partial charge < -0.3 is 29.4 Å². The fourth-order valence-corrected chi connectivity index (χ4v) is 2.93. The summed E-state index contributed by atoms with van der Waals surface area (Å²) < 4.78 is 21.0. The number of carbonyl (C=O) groups excluding carboxylic acids is 2. The Hall–Kier alpha value is -4.28. The molecule has 0 saturated carbocycles. The number of nitrogens with one attached hydrogen (secondary N) is 2. The zero-order chi connectivity index (χ0) is 23.1. The van der Waals surface area contributed by atoms with Crippen LogP contribution < -0.4 is 29.7 Å². The first kappa shape index (κ1) is 22.4. The molecule has 0 saturated heterocycles. The average molecular weight is 443 g/mol. The van der Waals surface area contributed by atoms with Gasteiger partial charge >= 0.3 is 5.97 Å². The van der Waals surface area contributed by atoms with Gasteiger partial charge in [0.05, 0.1) is 27.0 Å². The number of hydrogen-bond donors (Lipinski definition) is 3. The minimum absolute atomic E-state index is 0.0296. The van der Waals surface area contributed by atoms with E-state index in [4.69, 9.17) is 18.9 Å². The van der Waals surface area contributed by atoms with Gasteiger partial charge in [-0.05, 0) is 30.3 Å². The molecule has 32 heavy (non-hydrogen) atoms. The lowest BCUT2D eigenvalue weighted by atomic mass is 10.1. The molecule has 0 spiro atoms. The summed E-state index contributed by atoms with van der Waals surface area (Å²) in [7, 11) is 2.70. The van der Waals surface area contributed by atoms with Crippen LogP contribution in [0.3, 0.4) is 0 Å². The molecule has 0 atom stereocenters. The van der Waals surface area contributed by atoms with Gasteiger partial charge in [-0.25, -0.2) is 10.2 Å². The number of carboxylic acids is 1. The number of methoxy groups -OCH3 is 2. The van der Waals surface area contributed by atoms with Crippen molar-refractivity contribution in [2.24, 2.45) is 5.10 Å². The van der Waals surface area contributed by atoms with E-state index in [2.05, 4.69) is 15.8 Å². The van der Waals surface area contributed by atoms with Crippen molar-refractivity contribution in [1.82, 2.24) is 10.7 Å². The van der Waals surface area contributed by atoms with Gasteiger partial charge in [-0.15, -0.1) is 0 Å². The molecule has 168 valence electrons. The largest absolute Gasteiger partial charge is 0.493 e. The van der Waals surface area contributed by atoms with E-state index in [1.165, 1.54) is 32.4 Å². The minimum Gasteiger partial charge on any atom is -0.493 e. The van der Waals surface area contributed by atoms with Crippen LogP contribution in [0.15, 0.2) is 35.4 Å². The Balaban J connectivity index is 1.59. The molecule has 0 aromatic heterocycles. The highest BCUT2D eigenvalue weighted by molar-refractivity contribution is 6.02. The predicted molar refractivity (Wildman–Crippen MR) is 112 cm³/mol. The highest BCUT2D eigenvalue weighted by Gasteiger charge is 2.20. The van der Waals surface area contributed by atoms with Crippen LogP contribution in [0.1, 0.15) is 26.3 Å². The Labute approximate surface area is 182 Å². The van der Waals surface area contributed by atoms with Gasteiger partial charge in [0.2, 0.25) is 0 Å². The van der Waals surface area contributed by atoms with Crippen molar-refractivity contribution in [3.05, 3.63) is 47.0 Å². The van der Waals surface area contributed by atoms with Crippen molar-refractivity contribution in [1.29, 1.82) is 0 Å². The maximum Gasteiger partial charge on any atom is 0.340 e. The van der Waals surface area contributed by atoms with E-state index in [-0.39, 0.29) is 29.2 Å². The van der Waals surface area contributed by atoms with E-state index < -0.39 is 17.8 Å². The first-order valence-corrected chi connectivity index (χ1v) is 9.42. The van der Waals surface area contributed by atoms with E-state index in [0.717, 1.165) is 6.21 Å². The number of carbonyl (C=O) groups is 3. The summed E-state index contributed by atoms with van der Waals surface area (Å²) in [4.78, 5) is 35.9. The molecule has 3 rings (SSSR count). The molecule has 2 aromatic carbocycles. The van der Waals surface area contributed by atoms with Crippen molar-refractivity contribution in [3.63, 3.8) is 0 Å². The number of benzene rings is 2. The SMILES string of the molecule is COc1ccc(C=NNC(=O)CNC(=O)c2ccc3c(c2)OCCO3)c(C(=O)O)c1OC. The molecular weight excluding hydrogens is 422 g/mol. The van der Waals surface area contributed by atoms with Gasteiger partial charge in [0.25, 0.3) is 11.8 Å². The number of amides is 2. The quantitative estimate of drug-likeness (QED) is 0.406. The van der Waals surface area contributed by atoms with E-state index in [1.54, 1.807) is 12.1 Å². The number of nitrogens with zero attached hydrogens (tertiary/aromatic N) is 1. The number of aromatic carboxylic acids is 1. The van der Waals surface area contributed by atoms with Crippen LogP contribution in [0.5, 0.6) is 23.0 Å². The lowest BCUT2D eigenvalue weighted by molar-refractivity contribution is -0.120. The van der Waals surface area contributed by atoms with Gasteiger partial charge in [0.15, 0.2) is 23.0 Å². The van der Waals surface area contributed by atoms with Crippen LogP contribution in [0.25, 0.3) is 0 Å².